The maximum atomic E-state index is 12.6. The van der Waals surface area contributed by atoms with Crippen LogP contribution in [0.15, 0.2) is 47.5 Å². The van der Waals surface area contributed by atoms with Crippen molar-refractivity contribution in [3.8, 4) is 0 Å². The Balaban J connectivity index is 1.90. The standard InChI is InChI=1S/C17H13I2N3O2/c1-10-4-2-3-5-14(10)21-15(23)8-22-9-20-16-12(17(22)24)6-11(18)7-13(16)19/h2-7,9H,8H2,1H3,(H,21,23). The van der Waals surface area contributed by atoms with Crippen LogP contribution in [-0.4, -0.2) is 15.5 Å². The van der Waals surface area contributed by atoms with Gasteiger partial charge in [-0.25, -0.2) is 4.98 Å². The molecule has 24 heavy (non-hydrogen) atoms. The first kappa shape index (κ1) is 17.3. The Kier molecular flexibility index (Phi) is 5.18. The zero-order chi connectivity index (χ0) is 17.3. The fourth-order valence-electron chi connectivity index (χ4n) is 2.37. The highest BCUT2D eigenvalue weighted by atomic mass is 127. The van der Waals surface area contributed by atoms with E-state index < -0.39 is 0 Å². The zero-order valence-corrected chi connectivity index (χ0v) is 17.0. The average molecular weight is 545 g/mol. The minimum Gasteiger partial charge on any atom is -0.324 e. The highest BCUT2D eigenvalue weighted by Gasteiger charge is 2.11. The molecule has 0 fully saturated rings. The minimum atomic E-state index is -0.257. The molecule has 122 valence electrons. The molecule has 3 aromatic rings. The molecule has 1 N–H and O–H groups in total. The van der Waals surface area contributed by atoms with Crippen molar-refractivity contribution in [1.29, 1.82) is 0 Å². The molecule has 2 aromatic carbocycles. The number of aryl methyl sites for hydroxylation is 1. The van der Waals surface area contributed by atoms with Gasteiger partial charge < -0.3 is 5.32 Å². The van der Waals surface area contributed by atoms with E-state index in [-0.39, 0.29) is 18.0 Å². The highest BCUT2D eigenvalue weighted by molar-refractivity contribution is 14.1. The predicted octanol–water partition coefficient (Wildman–Crippen LogP) is 3.55. The first-order chi connectivity index (χ1) is 11.5. The molecule has 0 unspecified atom stereocenters. The van der Waals surface area contributed by atoms with Crippen molar-refractivity contribution in [3.05, 3.63) is 65.8 Å². The first-order valence-corrected chi connectivity index (χ1v) is 9.31. The van der Waals surface area contributed by atoms with Crippen LogP contribution in [0.2, 0.25) is 0 Å². The maximum absolute atomic E-state index is 12.6. The van der Waals surface area contributed by atoms with Gasteiger partial charge in [0, 0.05) is 12.8 Å². The van der Waals surface area contributed by atoms with Crippen LogP contribution >= 0.6 is 45.2 Å². The van der Waals surface area contributed by atoms with Gasteiger partial charge in [-0.2, -0.15) is 0 Å². The maximum Gasteiger partial charge on any atom is 0.261 e. The second-order valence-corrected chi connectivity index (χ2v) is 7.73. The number of benzene rings is 2. The van der Waals surface area contributed by atoms with E-state index in [0.29, 0.717) is 10.9 Å². The Morgan fingerprint density at radius 2 is 2.00 bits per heavy atom. The SMILES string of the molecule is Cc1ccccc1NC(=O)Cn1cnc2c(I)cc(I)cc2c1=O. The van der Waals surface area contributed by atoms with E-state index in [2.05, 4.69) is 55.5 Å². The number of nitrogens with one attached hydrogen (secondary N) is 1. The molecule has 0 saturated carbocycles. The third-order valence-electron chi connectivity index (χ3n) is 3.58. The minimum absolute atomic E-state index is 0.0713. The van der Waals surface area contributed by atoms with E-state index in [0.717, 1.165) is 18.4 Å². The van der Waals surface area contributed by atoms with Gasteiger partial charge >= 0.3 is 0 Å². The summed E-state index contributed by atoms with van der Waals surface area (Å²) in [6.07, 6.45) is 1.43. The summed E-state index contributed by atoms with van der Waals surface area (Å²) in [6, 6.07) is 11.3. The molecule has 7 heteroatoms. The number of aromatic nitrogens is 2. The van der Waals surface area contributed by atoms with Crippen molar-refractivity contribution in [2.45, 2.75) is 13.5 Å². The second-order valence-electron chi connectivity index (χ2n) is 5.32. The third kappa shape index (κ3) is 3.61. The summed E-state index contributed by atoms with van der Waals surface area (Å²) in [5.74, 6) is -0.257. The van der Waals surface area contributed by atoms with Crippen LogP contribution in [-0.2, 0) is 11.3 Å². The summed E-state index contributed by atoms with van der Waals surface area (Å²) in [7, 11) is 0. The lowest BCUT2D eigenvalue weighted by Gasteiger charge is -2.10. The van der Waals surface area contributed by atoms with Crippen molar-refractivity contribution in [1.82, 2.24) is 9.55 Å². The third-order valence-corrected chi connectivity index (χ3v) is 5.02. The van der Waals surface area contributed by atoms with Gasteiger partial charge in [0.25, 0.3) is 5.56 Å². The summed E-state index contributed by atoms with van der Waals surface area (Å²) in [4.78, 5) is 29.2. The molecule has 0 aliphatic carbocycles. The normalized spacial score (nSPS) is 10.8. The Bertz CT molecular complexity index is 999. The quantitative estimate of drug-likeness (QED) is 0.513. The van der Waals surface area contributed by atoms with Gasteiger partial charge in [-0.1, -0.05) is 18.2 Å². The van der Waals surface area contributed by atoms with Crippen LogP contribution in [0.4, 0.5) is 5.69 Å². The van der Waals surface area contributed by atoms with Crippen molar-refractivity contribution >= 4 is 67.7 Å². The number of carbonyl (C=O) groups is 1. The fraction of sp³-hybridized carbons (Fsp3) is 0.118. The largest absolute Gasteiger partial charge is 0.324 e. The van der Waals surface area contributed by atoms with E-state index >= 15 is 0 Å². The number of hydrogen-bond donors (Lipinski definition) is 1. The Labute approximate surface area is 165 Å². The van der Waals surface area contributed by atoms with Gasteiger partial charge in [-0.15, -0.1) is 0 Å². The number of para-hydroxylation sites is 1. The molecular weight excluding hydrogens is 532 g/mol. The lowest BCUT2D eigenvalue weighted by atomic mass is 10.2. The van der Waals surface area contributed by atoms with Gasteiger partial charge in [0.15, 0.2) is 0 Å². The van der Waals surface area contributed by atoms with Crippen molar-refractivity contribution < 1.29 is 4.79 Å². The van der Waals surface area contributed by atoms with Gasteiger partial charge in [0.2, 0.25) is 5.91 Å². The van der Waals surface area contributed by atoms with Crippen LogP contribution in [0.3, 0.4) is 0 Å². The fourth-order valence-corrected chi connectivity index (χ4v) is 4.35. The van der Waals surface area contributed by atoms with Crippen LogP contribution in [0.1, 0.15) is 5.56 Å². The number of fused-ring (bicyclic) bond motifs is 1. The molecule has 0 atom stereocenters. The van der Waals surface area contributed by atoms with Crippen LogP contribution in [0, 0.1) is 14.1 Å². The average Bonchev–Trinajstić information content (AvgIpc) is 2.53. The van der Waals surface area contributed by atoms with Gasteiger partial charge in [-0.3, -0.25) is 14.2 Å². The highest BCUT2D eigenvalue weighted by Crippen LogP contribution is 2.19. The molecule has 3 rings (SSSR count). The Morgan fingerprint density at radius 1 is 1.25 bits per heavy atom. The number of hydrogen-bond acceptors (Lipinski definition) is 3. The molecule has 1 aromatic heterocycles. The van der Waals surface area contributed by atoms with Crippen molar-refractivity contribution in [2.75, 3.05) is 5.32 Å². The van der Waals surface area contributed by atoms with E-state index in [1.54, 1.807) is 6.07 Å². The molecular formula is C17H13I2N3O2. The smallest absolute Gasteiger partial charge is 0.261 e. The number of nitrogens with zero attached hydrogens (tertiary/aromatic N) is 2. The topological polar surface area (TPSA) is 64.0 Å². The Hall–Kier alpha value is -1.49. The number of rotatable bonds is 3. The van der Waals surface area contributed by atoms with Gasteiger partial charge in [0.05, 0.1) is 17.2 Å². The van der Waals surface area contributed by atoms with Crippen LogP contribution < -0.4 is 10.9 Å². The molecule has 0 aliphatic rings. The van der Waals surface area contributed by atoms with E-state index in [4.69, 9.17) is 0 Å². The molecule has 0 spiro atoms. The summed E-state index contributed by atoms with van der Waals surface area (Å²) >= 11 is 4.33. The number of anilines is 1. The number of amides is 1. The summed E-state index contributed by atoms with van der Waals surface area (Å²) < 4.78 is 3.22. The molecule has 0 radical (unpaired) electrons. The zero-order valence-electron chi connectivity index (χ0n) is 12.7. The summed E-state index contributed by atoms with van der Waals surface area (Å²) in [5, 5.41) is 3.35. The van der Waals surface area contributed by atoms with E-state index in [1.165, 1.54) is 10.9 Å². The number of halogens is 2. The molecule has 5 nitrogen and oxygen atoms in total. The molecule has 1 amide bonds. The van der Waals surface area contributed by atoms with Crippen LogP contribution in [0.5, 0.6) is 0 Å². The van der Waals surface area contributed by atoms with Crippen molar-refractivity contribution in [3.63, 3.8) is 0 Å². The molecule has 0 saturated heterocycles. The summed E-state index contributed by atoms with van der Waals surface area (Å²) in [5.41, 5.74) is 2.17. The predicted molar refractivity (Wildman–Crippen MR) is 111 cm³/mol. The summed E-state index contributed by atoms with van der Waals surface area (Å²) in [6.45, 7) is 1.85. The van der Waals surface area contributed by atoms with Gasteiger partial charge in [-0.05, 0) is 75.9 Å². The molecule has 0 bridgehead atoms. The van der Waals surface area contributed by atoms with E-state index in [9.17, 15) is 9.59 Å². The lowest BCUT2D eigenvalue weighted by Crippen LogP contribution is -2.28. The van der Waals surface area contributed by atoms with E-state index in [1.807, 2.05) is 37.3 Å². The number of carbonyl (C=O) groups excluding carboxylic acids is 1. The lowest BCUT2D eigenvalue weighted by molar-refractivity contribution is -0.116. The monoisotopic (exact) mass is 545 g/mol. The Morgan fingerprint density at radius 3 is 2.75 bits per heavy atom. The van der Waals surface area contributed by atoms with Crippen LogP contribution in [0.25, 0.3) is 10.9 Å². The molecule has 0 aliphatic heterocycles. The molecule has 1 heterocycles. The second kappa shape index (κ2) is 7.18. The van der Waals surface area contributed by atoms with Gasteiger partial charge in [0.1, 0.15) is 6.54 Å². The first-order valence-electron chi connectivity index (χ1n) is 7.15. The van der Waals surface area contributed by atoms with Crippen molar-refractivity contribution in [2.24, 2.45) is 0 Å².